The van der Waals surface area contributed by atoms with Crippen molar-refractivity contribution in [3.05, 3.63) is 73.1 Å². The lowest BCUT2D eigenvalue weighted by Crippen LogP contribution is -2.45. The number of anilines is 1. The van der Waals surface area contributed by atoms with Crippen molar-refractivity contribution >= 4 is 17.6 Å². The topological polar surface area (TPSA) is 110 Å². The molecule has 0 amide bonds. The van der Waals surface area contributed by atoms with Gasteiger partial charge in [0.05, 0.1) is 11.1 Å². The van der Waals surface area contributed by atoms with Crippen LogP contribution in [0.4, 0.5) is 5.82 Å². The largest absolute Gasteiger partial charge is 0.478 e. The minimum absolute atomic E-state index is 0.0531. The molecule has 4 rings (SSSR count). The van der Waals surface area contributed by atoms with Gasteiger partial charge in [-0.1, -0.05) is 26.0 Å². The fourth-order valence-electron chi connectivity index (χ4n) is 4.50. The van der Waals surface area contributed by atoms with Gasteiger partial charge in [-0.2, -0.15) is 0 Å². The number of benzene rings is 1. The third kappa shape index (κ3) is 2.91. The van der Waals surface area contributed by atoms with Crippen molar-refractivity contribution in [3.63, 3.8) is 0 Å². The lowest BCUT2D eigenvalue weighted by molar-refractivity contribution is -0.118. The Bertz CT molecular complexity index is 1250. The zero-order chi connectivity index (χ0) is 22.0. The standard InChI is InChI=1S/C22H23N3O5/c1-22(2)9-13-16(14(26)10-22)15(11-5-7-12(8-6-11)20(28)29)17-18(23-13)24(3)21(30)25(4)19(17)27/h5-8,15,23H,9-10H2,1-4H3,(H,28,29). The Morgan fingerprint density at radius 3 is 2.30 bits per heavy atom. The lowest BCUT2D eigenvalue weighted by Gasteiger charge is -2.39. The molecule has 2 heterocycles. The number of allylic oxidation sites excluding steroid dienone is 2. The molecule has 0 radical (unpaired) electrons. The van der Waals surface area contributed by atoms with E-state index in [0.29, 0.717) is 41.1 Å². The quantitative estimate of drug-likeness (QED) is 0.785. The van der Waals surface area contributed by atoms with E-state index in [1.54, 1.807) is 19.2 Å². The molecule has 2 aliphatic rings. The number of carboxylic acid groups (broad SMARTS) is 1. The van der Waals surface area contributed by atoms with E-state index < -0.39 is 23.1 Å². The van der Waals surface area contributed by atoms with Crippen LogP contribution >= 0.6 is 0 Å². The molecule has 1 aromatic heterocycles. The molecule has 0 saturated carbocycles. The Labute approximate surface area is 172 Å². The number of hydrogen-bond donors (Lipinski definition) is 2. The summed E-state index contributed by atoms with van der Waals surface area (Å²) in [6, 6.07) is 6.18. The van der Waals surface area contributed by atoms with Gasteiger partial charge in [-0.05, 0) is 29.5 Å². The fourth-order valence-corrected chi connectivity index (χ4v) is 4.50. The molecular formula is C22H23N3O5. The first kappa shape index (κ1) is 19.9. The number of hydrogen-bond acceptors (Lipinski definition) is 5. The highest BCUT2D eigenvalue weighted by atomic mass is 16.4. The highest BCUT2D eigenvalue weighted by Crippen LogP contribution is 2.47. The summed E-state index contributed by atoms with van der Waals surface area (Å²) >= 11 is 0. The van der Waals surface area contributed by atoms with E-state index in [4.69, 9.17) is 0 Å². The number of carbonyl (C=O) groups is 2. The van der Waals surface area contributed by atoms with Gasteiger partial charge < -0.3 is 10.4 Å². The first-order chi connectivity index (χ1) is 14.0. The number of nitrogens with one attached hydrogen (secondary N) is 1. The minimum Gasteiger partial charge on any atom is -0.478 e. The van der Waals surface area contributed by atoms with Crippen LogP contribution in [0.1, 0.15) is 54.1 Å². The van der Waals surface area contributed by atoms with E-state index in [1.807, 2.05) is 13.8 Å². The Hall–Kier alpha value is -3.42. The molecule has 8 heteroatoms. The summed E-state index contributed by atoms with van der Waals surface area (Å²) in [5.41, 5.74) is 1.10. The van der Waals surface area contributed by atoms with Crippen molar-refractivity contribution in [2.45, 2.75) is 32.6 Å². The SMILES string of the molecule is Cn1c2c(c(=O)n(C)c1=O)C(c1ccc(C(=O)O)cc1)C1=C(CC(C)(C)CC1=O)N2. The maximum Gasteiger partial charge on any atom is 0.335 e. The van der Waals surface area contributed by atoms with Crippen molar-refractivity contribution in [2.24, 2.45) is 19.5 Å². The van der Waals surface area contributed by atoms with E-state index in [2.05, 4.69) is 5.32 Å². The molecule has 0 fully saturated rings. The number of carboxylic acids is 1. The van der Waals surface area contributed by atoms with Crippen LogP contribution in [0.15, 0.2) is 45.1 Å². The van der Waals surface area contributed by atoms with Gasteiger partial charge in [0.1, 0.15) is 5.82 Å². The van der Waals surface area contributed by atoms with Gasteiger partial charge >= 0.3 is 11.7 Å². The number of rotatable bonds is 2. The van der Waals surface area contributed by atoms with Crippen LogP contribution in [0.3, 0.4) is 0 Å². The number of aromatic nitrogens is 2. The summed E-state index contributed by atoms with van der Waals surface area (Å²) in [7, 11) is 2.99. The molecule has 0 bridgehead atoms. The Kier molecular flexibility index (Phi) is 4.34. The molecule has 2 aromatic rings. The van der Waals surface area contributed by atoms with Crippen molar-refractivity contribution < 1.29 is 14.7 Å². The van der Waals surface area contributed by atoms with E-state index in [0.717, 1.165) is 4.57 Å². The van der Waals surface area contributed by atoms with E-state index in [-0.39, 0.29) is 16.8 Å². The average molecular weight is 409 g/mol. The van der Waals surface area contributed by atoms with E-state index in [1.165, 1.54) is 23.7 Å². The maximum absolute atomic E-state index is 13.2. The van der Waals surface area contributed by atoms with Crippen LogP contribution in [-0.4, -0.2) is 26.0 Å². The number of ketones is 1. The monoisotopic (exact) mass is 409 g/mol. The van der Waals surface area contributed by atoms with Crippen molar-refractivity contribution in [1.29, 1.82) is 0 Å². The van der Waals surface area contributed by atoms with Gasteiger partial charge in [0.15, 0.2) is 5.78 Å². The molecule has 0 saturated heterocycles. The van der Waals surface area contributed by atoms with Gasteiger partial charge in [-0.25, -0.2) is 9.59 Å². The second-order valence-corrected chi connectivity index (χ2v) is 8.79. The van der Waals surface area contributed by atoms with E-state index in [9.17, 15) is 24.3 Å². The average Bonchev–Trinajstić information content (AvgIpc) is 2.68. The van der Waals surface area contributed by atoms with Gasteiger partial charge in [-0.3, -0.25) is 18.7 Å². The molecule has 1 atom stereocenters. The first-order valence-corrected chi connectivity index (χ1v) is 9.68. The molecular weight excluding hydrogens is 386 g/mol. The summed E-state index contributed by atoms with van der Waals surface area (Å²) in [4.78, 5) is 50.1. The normalized spacial score (nSPS) is 19.7. The van der Waals surface area contributed by atoms with Crippen molar-refractivity contribution in [1.82, 2.24) is 9.13 Å². The minimum atomic E-state index is -1.05. The van der Waals surface area contributed by atoms with Crippen molar-refractivity contribution in [2.75, 3.05) is 5.32 Å². The molecule has 1 aromatic carbocycles. The highest BCUT2D eigenvalue weighted by molar-refractivity contribution is 6.01. The molecule has 1 aliphatic carbocycles. The molecule has 1 aliphatic heterocycles. The van der Waals surface area contributed by atoms with Gasteiger partial charge in [0.2, 0.25) is 0 Å². The Balaban J connectivity index is 2.03. The number of aromatic carboxylic acids is 1. The number of fused-ring (bicyclic) bond motifs is 1. The zero-order valence-electron chi connectivity index (χ0n) is 17.3. The highest BCUT2D eigenvalue weighted by Gasteiger charge is 2.42. The zero-order valence-corrected chi connectivity index (χ0v) is 17.3. The first-order valence-electron chi connectivity index (χ1n) is 9.68. The summed E-state index contributed by atoms with van der Waals surface area (Å²) in [5, 5.41) is 12.4. The summed E-state index contributed by atoms with van der Waals surface area (Å²) in [5.74, 6) is -1.41. The third-order valence-electron chi connectivity index (χ3n) is 5.96. The predicted octanol–water partition coefficient (Wildman–Crippen LogP) is 1.98. The van der Waals surface area contributed by atoms with Crippen LogP contribution < -0.4 is 16.6 Å². The third-order valence-corrected chi connectivity index (χ3v) is 5.96. The van der Waals surface area contributed by atoms with Gasteiger partial charge in [0.25, 0.3) is 5.56 Å². The summed E-state index contributed by atoms with van der Waals surface area (Å²) in [6.07, 6.45) is 0.944. The molecule has 0 spiro atoms. The van der Waals surface area contributed by atoms with Crippen LogP contribution in [0.5, 0.6) is 0 Å². The maximum atomic E-state index is 13.2. The fraction of sp³-hybridized carbons (Fsp3) is 0.364. The molecule has 1 unspecified atom stereocenters. The molecule has 156 valence electrons. The van der Waals surface area contributed by atoms with E-state index >= 15 is 0 Å². The molecule has 2 N–H and O–H groups in total. The molecule has 30 heavy (non-hydrogen) atoms. The van der Waals surface area contributed by atoms with Crippen LogP contribution in [-0.2, 0) is 18.9 Å². The number of nitrogens with zero attached hydrogens (tertiary/aromatic N) is 2. The van der Waals surface area contributed by atoms with Gasteiger partial charge in [0, 0.05) is 37.7 Å². The smallest absolute Gasteiger partial charge is 0.335 e. The second kappa shape index (κ2) is 6.55. The summed E-state index contributed by atoms with van der Waals surface area (Å²) in [6.45, 7) is 4.01. The van der Waals surface area contributed by atoms with Crippen molar-refractivity contribution in [3.8, 4) is 0 Å². The Morgan fingerprint density at radius 1 is 1.07 bits per heavy atom. The van der Waals surface area contributed by atoms with Crippen LogP contribution in [0.25, 0.3) is 0 Å². The molecule has 8 nitrogen and oxygen atoms in total. The Morgan fingerprint density at radius 2 is 1.70 bits per heavy atom. The van der Waals surface area contributed by atoms with Crippen LogP contribution in [0.2, 0.25) is 0 Å². The second-order valence-electron chi connectivity index (χ2n) is 8.79. The number of Topliss-reactive ketones (excluding diaryl/α,β-unsaturated/α-hetero) is 1. The predicted molar refractivity (Wildman–Crippen MR) is 111 cm³/mol. The lowest BCUT2D eigenvalue weighted by atomic mass is 9.69. The summed E-state index contributed by atoms with van der Waals surface area (Å²) < 4.78 is 2.41. The van der Waals surface area contributed by atoms with Gasteiger partial charge in [-0.15, -0.1) is 0 Å². The number of carbonyl (C=O) groups excluding carboxylic acids is 1. The van der Waals surface area contributed by atoms with Crippen LogP contribution in [0, 0.1) is 5.41 Å².